The van der Waals surface area contributed by atoms with Gasteiger partial charge >= 0.3 is 0 Å². The molecule has 0 saturated heterocycles. The molecule has 0 aliphatic heterocycles. The molecular formula is C16H15N3. The van der Waals surface area contributed by atoms with Gasteiger partial charge in [0.2, 0.25) is 0 Å². The Bertz CT molecular complexity index is 655. The van der Waals surface area contributed by atoms with E-state index >= 15 is 0 Å². The van der Waals surface area contributed by atoms with Crippen LogP contribution in [0.15, 0.2) is 36.5 Å². The van der Waals surface area contributed by atoms with E-state index < -0.39 is 0 Å². The lowest BCUT2D eigenvalue weighted by Crippen LogP contribution is -2.24. The third-order valence-electron chi connectivity index (χ3n) is 3.75. The fraction of sp³-hybridized carbons (Fsp3) is 0.250. The van der Waals surface area contributed by atoms with Gasteiger partial charge in [-0.25, -0.2) is 4.98 Å². The molecule has 0 amide bonds. The number of pyridine rings is 1. The van der Waals surface area contributed by atoms with Gasteiger partial charge in [-0.3, -0.25) is 0 Å². The molecule has 1 atom stereocenters. The van der Waals surface area contributed by atoms with Gasteiger partial charge in [0.15, 0.2) is 0 Å². The van der Waals surface area contributed by atoms with E-state index in [0.717, 1.165) is 18.5 Å². The molecule has 1 aliphatic carbocycles. The van der Waals surface area contributed by atoms with E-state index in [0.29, 0.717) is 17.3 Å². The van der Waals surface area contributed by atoms with Gasteiger partial charge in [-0.1, -0.05) is 24.3 Å². The normalized spacial score (nSPS) is 16.1. The molecule has 1 aliphatic rings. The van der Waals surface area contributed by atoms with E-state index in [1.807, 2.05) is 13.0 Å². The van der Waals surface area contributed by atoms with Crippen LogP contribution in [0.1, 0.15) is 28.2 Å². The molecule has 19 heavy (non-hydrogen) atoms. The molecule has 0 fully saturated rings. The molecule has 0 saturated carbocycles. The summed E-state index contributed by atoms with van der Waals surface area (Å²) < 4.78 is 0. The Balaban J connectivity index is 1.72. The van der Waals surface area contributed by atoms with Crippen molar-refractivity contribution < 1.29 is 0 Å². The van der Waals surface area contributed by atoms with Gasteiger partial charge < -0.3 is 5.32 Å². The van der Waals surface area contributed by atoms with Crippen molar-refractivity contribution in [2.75, 3.05) is 11.9 Å². The van der Waals surface area contributed by atoms with Gasteiger partial charge in [0.1, 0.15) is 11.9 Å². The first-order chi connectivity index (χ1) is 9.29. The number of nitriles is 1. The summed E-state index contributed by atoms with van der Waals surface area (Å²) in [5.74, 6) is 1.23. The van der Waals surface area contributed by atoms with Crippen LogP contribution in [0.3, 0.4) is 0 Å². The zero-order valence-electron chi connectivity index (χ0n) is 10.9. The largest absolute Gasteiger partial charge is 0.368 e. The molecule has 1 unspecified atom stereocenters. The molecule has 0 bridgehead atoms. The smallest absolute Gasteiger partial charge is 0.144 e. The van der Waals surface area contributed by atoms with Crippen LogP contribution in [0.2, 0.25) is 0 Å². The first-order valence-corrected chi connectivity index (χ1v) is 6.47. The van der Waals surface area contributed by atoms with E-state index in [-0.39, 0.29) is 0 Å². The predicted molar refractivity (Wildman–Crippen MR) is 75.1 cm³/mol. The number of benzene rings is 1. The van der Waals surface area contributed by atoms with Gasteiger partial charge in [0, 0.05) is 18.7 Å². The Hall–Kier alpha value is -2.34. The van der Waals surface area contributed by atoms with Crippen molar-refractivity contribution in [1.82, 2.24) is 4.98 Å². The highest BCUT2D eigenvalue weighted by Crippen LogP contribution is 2.34. The molecule has 2 aromatic rings. The van der Waals surface area contributed by atoms with Crippen molar-refractivity contribution in [3.05, 3.63) is 58.8 Å². The van der Waals surface area contributed by atoms with Gasteiger partial charge in [0.05, 0.1) is 5.56 Å². The second-order valence-electron chi connectivity index (χ2n) is 4.94. The summed E-state index contributed by atoms with van der Waals surface area (Å²) in [5, 5.41) is 12.5. The molecule has 0 radical (unpaired) electrons. The third-order valence-corrected chi connectivity index (χ3v) is 3.75. The molecular weight excluding hydrogens is 234 g/mol. The minimum absolute atomic E-state index is 0.532. The summed E-state index contributed by atoms with van der Waals surface area (Å²) in [5.41, 5.74) is 4.47. The van der Waals surface area contributed by atoms with Gasteiger partial charge in [0.25, 0.3) is 0 Å². The number of nitrogens with one attached hydrogen (secondary N) is 1. The average molecular weight is 249 g/mol. The number of hydrogen-bond donors (Lipinski definition) is 1. The molecule has 1 heterocycles. The van der Waals surface area contributed by atoms with Crippen molar-refractivity contribution in [3.63, 3.8) is 0 Å². The summed E-state index contributed by atoms with van der Waals surface area (Å²) in [4.78, 5) is 4.26. The van der Waals surface area contributed by atoms with Crippen molar-refractivity contribution >= 4 is 5.82 Å². The Morgan fingerprint density at radius 2 is 2.21 bits per heavy atom. The van der Waals surface area contributed by atoms with E-state index in [9.17, 15) is 0 Å². The van der Waals surface area contributed by atoms with Crippen LogP contribution < -0.4 is 5.32 Å². The van der Waals surface area contributed by atoms with E-state index in [1.165, 1.54) is 11.1 Å². The van der Waals surface area contributed by atoms with E-state index in [2.05, 4.69) is 40.6 Å². The molecule has 3 rings (SSSR count). The standard InChI is InChI=1S/C16H15N3/c1-11-6-7-18-16(15(11)9-17)19-10-13-8-12-4-2-3-5-14(12)13/h2-7,13H,8,10H2,1H3,(H,18,19). The summed E-state index contributed by atoms with van der Waals surface area (Å²) in [6.45, 7) is 2.77. The second-order valence-corrected chi connectivity index (χ2v) is 4.94. The number of anilines is 1. The fourth-order valence-electron chi connectivity index (χ4n) is 2.60. The first-order valence-electron chi connectivity index (χ1n) is 6.47. The van der Waals surface area contributed by atoms with Gasteiger partial charge in [-0.15, -0.1) is 0 Å². The maximum absolute atomic E-state index is 9.16. The molecule has 3 heteroatoms. The number of hydrogen-bond acceptors (Lipinski definition) is 3. The monoisotopic (exact) mass is 249 g/mol. The Kier molecular flexibility index (Phi) is 2.92. The molecule has 1 aromatic carbocycles. The van der Waals surface area contributed by atoms with E-state index in [1.54, 1.807) is 6.20 Å². The van der Waals surface area contributed by atoms with Crippen LogP contribution >= 0.6 is 0 Å². The lowest BCUT2D eigenvalue weighted by Gasteiger charge is -2.30. The van der Waals surface area contributed by atoms with Crippen molar-refractivity contribution in [1.29, 1.82) is 5.26 Å². The Labute approximate surface area is 112 Å². The van der Waals surface area contributed by atoms with Gasteiger partial charge in [-0.05, 0) is 36.1 Å². The minimum Gasteiger partial charge on any atom is -0.368 e. The molecule has 1 N–H and O–H groups in total. The quantitative estimate of drug-likeness (QED) is 0.909. The zero-order chi connectivity index (χ0) is 13.2. The van der Waals surface area contributed by atoms with Crippen LogP contribution in [0, 0.1) is 18.3 Å². The van der Waals surface area contributed by atoms with Crippen LogP contribution in [-0.2, 0) is 6.42 Å². The second kappa shape index (κ2) is 4.74. The maximum Gasteiger partial charge on any atom is 0.144 e. The van der Waals surface area contributed by atoms with Crippen LogP contribution in [-0.4, -0.2) is 11.5 Å². The molecule has 94 valence electrons. The summed E-state index contributed by atoms with van der Waals surface area (Å²) in [6, 6.07) is 12.6. The molecule has 0 spiro atoms. The topological polar surface area (TPSA) is 48.7 Å². The Morgan fingerprint density at radius 3 is 3.00 bits per heavy atom. The van der Waals surface area contributed by atoms with Crippen LogP contribution in [0.5, 0.6) is 0 Å². The van der Waals surface area contributed by atoms with Crippen LogP contribution in [0.25, 0.3) is 0 Å². The number of aromatic nitrogens is 1. The SMILES string of the molecule is Cc1ccnc(NCC2Cc3ccccc32)c1C#N. The van der Waals surface area contributed by atoms with Crippen molar-refractivity contribution in [2.24, 2.45) is 0 Å². The maximum atomic E-state index is 9.16. The third kappa shape index (κ3) is 2.06. The molecule has 1 aromatic heterocycles. The first kappa shape index (κ1) is 11.7. The lowest BCUT2D eigenvalue weighted by molar-refractivity contribution is 0.634. The van der Waals surface area contributed by atoms with E-state index in [4.69, 9.17) is 5.26 Å². The highest BCUT2D eigenvalue weighted by Gasteiger charge is 2.25. The zero-order valence-corrected chi connectivity index (χ0v) is 10.9. The van der Waals surface area contributed by atoms with Crippen molar-refractivity contribution in [2.45, 2.75) is 19.3 Å². The predicted octanol–water partition coefficient (Wildman–Crippen LogP) is 3.01. The lowest BCUT2D eigenvalue weighted by atomic mass is 9.77. The Morgan fingerprint density at radius 1 is 1.37 bits per heavy atom. The fourth-order valence-corrected chi connectivity index (χ4v) is 2.60. The number of rotatable bonds is 3. The summed E-state index contributed by atoms with van der Waals surface area (Å²) in [7, 11) is 0. The minimum atomic E-state index is 0.532. The number of aryl methyl sites for hydroxylation is 1. The average Bonchev–Trinajstić information content (AvgIpc) is 2.40. The summed E-state index contributed by atoms with van der Waals surface area (Å²) in [6.07, 6.45) is 2.85. The summed E-state index contributed by atoms with van der Waals surface area (Å²) >= 11 is 0. The highest BCUT2D eigenvalue weighted by molar-refractivity contribution is 5.56. The van der Waals surface area contributed by atoms with Gasteiger partial charge in [-0.2, -0.15) is 5.26 Å². The van der Waals surface area contributed by atoms with Crippen LogP contribution in [0.4, 0.5) is 5.82 Å². The molecule has 3 nitrogen and oxygen atoms in total. The number of fused-ring (bicyclic) bond motifs is 1. The number of nitrogens with zero attached hydrogens (tertiary/aromatic N) is 2. The highest BCUT2D eigenvalue weighted by atomic mass is 15.0. The van der Waals surface area contributed by atoms with Crippen molar-refractivity contribution in [3.8, 4) is 6.07 Å².